The Bertz CT molecular complexity index is 677. The third-order valence-corrected chi connectivity index (χ3v) is 3.14. The Labute approximate surface area is 119 Å². The van der Waals surface area contributed by atoms with Crippen molar-refractivity contribution in [3.05, 3.63) is 57.8 Å². The third kappa shape index (κ3) is 3.18. The molecule has 0 bridgehead atoms. The Hall–Kier alpha value is -2.19. The van der Waals surface area contributed by atoms with Crippen LogP contribution in [-0.4, -0.2) is 10.9 Å². The Balaban J connectivity index is 2.22. The molecule has 0 unspecified atom stereocenters. The number of nitriles is 1. The van der Waals surface area contributed by atoms with Gasteiger partial charge in [0.2, 0.25) is 0 Å². The molecule has 0 aliphatic rings. The number of pyridine rings is 1. The van der Waals surface area contributed by atoms with E-state index < -0.39 is 0 Å². The zero-order chi connectivity index (χ0) is 13.8. The van der Waals surface area contributed by atoms with Crippen molar-refractivity contribution in [3.8, 4) is 6.07 Å². The largest absolute Gasteiger partial charge is 0.321 e. The van der Waals surface area contributed by atoms with Crippen molar-refractivity contribution < 1.29 is 4.79 Å². The highest BCUT2D eigenvalue weighted by molar-refractivity contribution is 9.10. The van der Waals surface area contributed by atoms with Crippen molar-refractivity contribution >= 4 is 27.5 Å². The summed E-state index contributed by atoms with van der Waals surface area (Å²) < 4.78 is 0.667. The van der Waals surface area contributed by atoms with Gasteiger partial charge in [-0.3, -0.25) is 9.78 Å². The molecule has 0 aliphatic carbocycles. The minimum atomic E-state index is -0.235. The minimum absolute atomic E-state index is 0.235. The van der Waals surface area contributed by atoms with Crippen molar-refractivity contribution in [1.29, 1.82) is 5.26 Å². The summed E-state index contributed by atoms with van der Waals surface area (Å²) in [5.74, 6) is -0.235. The van der Waals surface area contributed by atoms with Crippen LogP contribution in [0.4, 0.5) is 5.69 Å². The molecular weight excluding hydrogens is 306 g/mol. The van der Waals surface area contributed by atoms with Crippen molar-refractivity contribution in [2.75, 3.05) is 5.32 Å². The van der Waals surface area contributed by atoms with Gasteiger partial charge in [0, 0.05) is 16.9 Å². The van der Waals surface area contributed by atoms with Crippen LogP contribution in [0.5, 0.6) is 0 Å². The van der Waals surface area contributed by atoms with E-state index in [1.165, 1.54) is 6.20 Å². The first-order chi connectivity index (χ1) is 9.10. The number of halogens is 1. The van der Waals surface area contributed by atoms with Crippen LogP contribution in [0.2, 0.25) is 0 Å². The Morgan fingerprint density at radius 3 is 2.79 bits per heavy atom. The topological polar surface area (TPSA) is 65.8 Å². The second kappa shape index (κ2) is 5.63. The van der Waals surface area contributed by atoms with Crippen LogP contribution in [0.25, 0.3) is 0 Å². The second-order valence-corrected chi connectivity index (χ2v) is 4.87. The molecule has 0 aliphatic heterocycles. The Morgan fingerprint density at radius 1 is 1.37 bits per heavy atom. The number of anilines is 1. The number of nitrogens with zero attached hydrogens (tertiary/aromatic N) is 2. The summed E-state index contributed by atoms with van der Waals surface area (Å²) in [6.07, 6.45) is 3.20. The van der Waals surface area contributed by atoms with E-state index in [4.69, 9.17) is 5.26 Å². The fraction of sp³-hybridized carbons (Fsp3) is 0.0714. The summed E-state index contributed by atoms with van der Waals surface area (Å²) in [4.78, 5) is 16.0. The van der Waals surface area contributed by atoms with Crippen LogP contribution in [-0.2, 0) is 0 Å². The lowest BCUT2D eigenvalue weighted by Crippen LogP contribution is -2.12. The summed E-state index contributed by atoms with van der Waals surface area (Å²) in [7, 11) is 0. The molecule has 5 heteroatoms. The summed E-state index contributed by atoms with van der Waals surface area (Å²) in [6.45, 7) is 1.88. The second-order valence-electron chi connectivity index (χ2n) is 4.01. The van der Waals surface area contributed by atoms with Crippen molar-refractivity contribution in [3.63, 3.8) is 0 Å². The maximum Gasteiger partial charge on any atom is 0.257 e. The molecule has 2 rings (SSSR count). The lowest BCUT2D eigenvalue weighted by atomic mass is 10.2. The Morgan fingerprint density at radius 2 is 2.16 bits per heavy atom. The third-order valence-electron chi connectivity index (χ3n) is 2.48. The average Bonchev–Trinajstić information content (AvgIpc) is 2.41. The maximum absolute atomic E-state index is 12.0. The van der Waals surface area contributed by atoms with Crippen molar-refractivity contribution in [2.24, 2.45) is 0 Å². The van der Waals surface area contributed by atoms with Gasteiger partial charge in [0.15, 0.2) is 0 Å². The van der Waals surface area contributed by atoms with E-state index in [9.17, 15) is 4.79 Å². The van der Waals surface area contributed by atoms with Crippen LogP contribution in [0, 0.1) is 18.3 Å². The van der Waals surface area contributed by atoms with Crippen LogP contribution in [0.3, 0.4) is 0 Å². The lowest BCUT2D eigenvalue weighted by Gasteiger charge is -2.07. The van der Waals surface area contributed by atoms with E-state index in [0.717, 1.165) is 5.56 Å². The van der Waals surface area contributed by atoms with Crippen molar-refractivity contribution in [2.45, 2.75) is 6.92 Å². The average molecular weight is 316 g/mol. The molecule has 1 heterocycles. The van der Waals surface area contributed by atoms with Gasteiger partial charge in [0.25, 0.3) is 5.91 Å². The van der Waals surface area contributed by atoms with Crippen LogP contribution >= 0.6 is 15.9 Å². The molecule has 0 spiro atoms. The summed E-state index contributed by atoms with van der Waals surface area (Å²) in [6, 6.07) is 8.79. The van der Waals surface area contributed by atoms with Gasteiger partial charge in [0.05, 0.1) is 22.9 Å². The fourth-order valence-corrected chi connectivity index (χ4v) is 2.04. The highest BCUT2D eigenvalue weighted by Gasteiger charge is 2.09. The van der Waals surface area contributed by atoms with Gasteiger partial charge < -0.3 is 5.32 Å². The SMILES string of the molecule is Cc1cncc(C(=O)Nc2ccc(C#N)cc2Br)c1. The predicted molar refractivity (Wildman–Crippen MR) is 75.8 cm³/mol. The van der Waals surface area contributed by atoms with Gasteiger partial charge in [-0.1, -0.05) is 0 Å². The first kappa shape index (κ1) is 13.2. The molecule has 19 heavy (non-hydrogen) atoms. The number of benzene rings is 1. The van der Waals surface area contributed by atoms with E-state index >= 15 is 0 Å². The van der Waals surface area contributed by atoms with Gasteiger partial charge in [-0.2, -0.15) is 5.26 Å². The number of hydrogen-bond acceptors (Lipinski definition) is 3. The number of aryl methyl sites for hydroxylation is 1. The van der Waals surface area contributed by atoms with Gasteiger partial charge in [0.1, 0.15) is 0 Å². The first-order valence-corrected chi connectivity index (χ1v) is 6.32. The molecule has 0 atom stereocenters. The number of carbonyl (C=O) groups excluding carboxylic acids is 1. The van der Waals surface area contributed by atoms with Gasteiger partial charge in [-0.05, 0) is 52.7 Å². The first-order valence-electron chi connectivity index (χ1n) is 5.53. The summed E-state index contributed by atoms with van der Waals surface area (Å²) in [5.41, 5.74) is 2.57. The summed E-state index contributed by atoms with van der Waals surface area (Å²) >= 11 is 3.32. The van der Waals surface area contributed by atoms with Gasteiger partial charge in [-0.15, -0.1) is 0 Å². The van der Waals surface area contributed by atoms with Crippen molar-refractivity contribution in [1.82, 2.24) is 4.98 Å². The van der Waals surface area contributed by atoms with E-state index in [0.29, 0.717) is 21.3 Å². The molecular formula is C14H10BrN3O. The molecule has 0 saturated heterocycles. The number of hydrogen-bond donors (Lipinski definition) is 1. The zero-order valence-electron chi connectivity index (χ0n) is 10.1. The predicted octanol–water partition coefficient (Wildman–Crippen LogP) is 3.28. The molecule has 0 fully saturated rings. The smallest absolute Gasteiger partial charge is 0.257 e. The van der Waals surface area contributed by atoms with Gasteiger partial charge in [-0.25, -0.2) is 0 Å². The van der Waals surface area contributed by atoms with Crippen LogP contribution < -0.4 is 5.32 Å². The Kier molecular flexibility index (Phi) is 3.93. The number of carbonyl (C=O) groups is 1. The molecule has 0 saturated carbocycles. The lowest BCUT2D eigenvalue weighted by molar-refractivity contribution is 0.102. The van der Waals surface area contributed by atoms with E-state index in [-0.39, 0.29) is 5.91 Å². The highest BCUT2D eigenvalue weighted by atomic mass is 79.9. The quantitative estimate of drug-likeness (QED) is 0.924. The van der Waals surface area contributed by atoms with E-state index in [1.807, 2.05) is 13.0 Å². The monoisotopic (exact) mass is 315 g/mol. The number of aromatic nitrogens is 1. The molecule has 1 aromatic carbocycles. The van der Waals surface area contributed by atoms with Crippen LogP contribution in [0.1, 0.15) is 21.5 Å². The standard InChI is InChI=1S/C14H10BrN3O/c1-9-4-11(8-17-7-9)14(19)18-13-3-2-10(6-16)5-12(13)15/h2-5,7-8H,1H3,(H,18,19). The molecule has 1 N–H and O–H groups in total. The van der Waals surface area contributed by atoms with E-state index in [1.54, 1.807) is 30.5 Å². The summed E-state index contributed by atoms with van der Waals surface area (Å²) in [5, 5.41) is 11.5. The zero-order valence-corrected chi connectivity index (χ0v) is 11.7. The fourth-order valence-electron chi connectivity index (χ4n) is 1.56. The minimum Gasteiger partial charge on any atom is -0.321 e. The molecule has 2 aromatic rings. The highest BCUT2D eigenvalue weighted by Crippen LogP contribution is 2.24. The van der Waals surface area contributed by atoms with Gasteiger partial charge >= 0.3 is 0 Å². The maximum atomic E-state index is 12.0. The number of nitrogens with one attached hydrogen (secondary N) is 1. The van der Waals surface area contributed by atoms with E-state index in [2.05, 4.69) is 26.2 Å². The van der Waals surface area contributed by atoms with Crippen LogP contribution in [0.15, 0.2) is 41.1 Å². The normalized spacial score (nSPS) is 9.74. The number of amides is 1. The molecule has 1 amide bonds. The molecule has 0 radical (unpaired) electrons. The number of rotatable bonds is 2. The molecule has 1 aromatic heterocycles. The molecule has 4 nitrogen and oxygen atoms in total. The molecule has 94 valence electrons.